The molecule has 132 valence electrons. The molecule has 0 spiro atoms. The van der Waals surface area contributed by atoms with Gasteiger partial charge < -0.3 is 19.5 Å². The van der Waals surface area contributed by atoms with Gasteiger partial charge in [0.05, 0.1) is 10.4 Å². The largest absolute Gasteiger partial charge is 0.482 e. The summed E-state index contributed by atoms with van der Waals surface area (Å²) in [5, 5.41) is 10.1. The second-order valence-corrected chi connectivity index (χ2v) is 6.37. The molecule has 7 heteroatoms. The molecule has 0 radical (unpaired) electrons. The Labute approximate surface area is 146 Å². The van der Waals surface area contributed by atoms with E-state index in [-0.39, 0.29) is 19.1 Å². The van der Waals surface area contributed by atoms with Gasteiger partial charge in [-0.25, -0.2) is 0 Å². The number of piperidine rings is 1. The van der Waals surface area contributed by atoms with Gasteiger partial charge in [-0.05, 0) is 31.4 Å². The minimum Gasteiger partial charge on any atom is -0.482 e. The van der Waals surface area contributed by atoms with Crippen molar-refractivity contribution in [3.8, 4) is 5.75 Å². The van der Waals surface area contributed by atoms with Crippen LogP contribution in [0.1, 0.15) is 19.3 Å². The molecular formula is C17H22ClNO5. The van der Waals surface area contributed by atoms with Crippen LogP contribution in [0.2, 0.25) is 5.02 Å². The molecule has 1 fully saturated rings. The molecule has 0 aromatic heterocycles. The summed E-state index contributed by atoms with van der Waals surface area (Å²) < 4.78 is 10.5. The minimum absolute atomic E-state index is 0.163. The van der Waals surface area contributed by atoms with Gasteiger partial charge in [-0.2, -0.15) is 0 Å². The highest BCUT2D eigenvalue weighted by atomic mass is 35.5. The first-order valence-electron chi connectivity index (χ1n) is 7.86. The standard InChI is InChI=1S/C17H22ClNO5/c1-23-10-8-17(16(21)22)7-4-9-19(12-17)15(20)11-24-14-6-3-2-5-13(14)18/h2-3,5-6H,4,7-12H2,1H3,(H,21,22)/t17-/m0/s1. The van der Waals surface area contributed by atoms with E-state index in [9.17, 15) is 14.7 Å². The number of hydrogen-bond donors (Lipinski definition) is 1. The lowest BCUT2D eigenvalue weighted by atomic mass is 9.77. The molecule has 1 atom stereocenters. The Morgan fingerprint density at radius 3 is 2.79 bits per heavy atom. The van der Waals surface area contributed by atoms with Crippen LogP contribution in [0.5, 0.6) is 5.75 Å². The number of para-hydroxylation sites is 1. The lowest BCUT2D eigenvalue weighted by Crippen LogP contribution is -2.51. The number of carboxylic acid groups (broad SMARTS) is 1. The molecule has 1 aromatic carbocycles. The van der Waals surface area contributed by atoms with E-state index in [0.29, 0.717) is 43.2 Å². The number of carboxylic acids is 1. The summed E-state index contributed by atoms with van der Waals surface area (Å²) in [6.07, 6.45) is 1.57. The maximum absolute atomic E-state index is 12.4. The number of methoxy groups -OCH3 is 1. The van der Waals surface area contributed by atoms with E-state index in [1.807, 2.05) is 0 Å². The Morgan fingerprint density at radius 1 is 1.38 bits per heavy atom. The van der Waals surface area contributed by atoms with E-state index in [1.165, 1.54) is 0 Å². The molecule has 2 rings (SSSR count). The number of halogens is 1. The second kappa shape index (κ2) is 8.35. The molecule has 1 heterocycles. The molecule has 1 aliphatic heterocycles. The highest BCUT2D eigenvalue weighted by Crippen LogP contribution is 2.34. The lowest BCUT2D eigenvalue weighted by molar-refractivity contribution is -0.156. The fourth-order valence-electron chi connectivity index (χ4n) is 2.92. The highest BCUT2D eigenvalue weighted by Gasteiger charge is 2.43. The highest BCUT2D eigenvalue weighted by molar-refractivity contribution is 6.32. The van der Waals surface area contributed by atoms with Crippen molar-refractivity contribution in [3.05, 3.63) is 29.3 Å². The molecule has 1 amide bonds. The maximum Gasteiger partial charge on any atom is 0.311 e. The number of carbonyl (C=O) groups is 2. The third-order valence-corrected chi connectivity index (χ3v) is 4.67. The van der Waals surface area contributed by atoms with Crippen molar-refractivity contribution in [3.63, 3.8) is 0 Å². The van der Waals surface area contributed by atoms with Crippen molar-refractivity contribution in [1.82, 2.24) is 4.90 Å². The summed E-state index contributed by atoms with van der Waals surface area (Å²) in [6, 6.07) is 6.92. The van der Waals surface area contributed by atoms with Crippen LogP contribution in [0.25, 0.3) is 0 Å². The first-order valence-corrected chi connectivity index (χ1v) is 8.24. The molecule has 1 aromatic rings. The topological polar surface area (TPSA) is 76.1 Å². The number of amides is 1. The molecule has 24 heavy (non-hydrogen) atoms. The minimum atomic E-state index is -0.950. The van der Waals surface area contributed by atoms with Gasteiger partial charge in [0.2, 0.25) is 0 Å². The zero-order chi connectivity index (χ0) is 17.6. The van der Waals surface area contributed by atoms with E-state index in [1.54, 1.807) is 36.3 Å². The van der Waals surface area contributed by atoms with E-state index in [2.05, 4.69) is 0 Å². The molecule has 6 nitrogen and oxygen atoms in total. The van der Waals surface area contributed by atoms with Gasteiger partial charge in [0.25, 0.3) is 5.91 Å². The number of benzene rings is 1. The summed E-state index contributed by atoms with van der Waals surface area (Å²) in [5.41, 5.74) is -0.950. The SMILES string of the molecule is COCC[C@@]1(C(=O)O)CCCN(C(=O)COc2ccccc2Cl)C1. The third kappa shape index (κ3) is 4.39. The van der Waals surface area contributed by atoms with Crippen molar-refractivity contribution in [1.29, 1.82) is 0 Å². The molecule has 1 N–H and O–H groups in total. The Morgan fingerprint density at radius 2 is 2.12 bits per heavy atom. The van der Waals surface area contributed by atoms with E-state index >= 15 is 0 Å². The molecule has 0 unspecified atom stereocenters. The lowest BCUT2D eigenvalue weighted by Gasteiger charge is -2.39. The van der Waals surface area contributed by atoms with Gasteiger partial charge in [0, 0.05) is 26.8 Å². The fourth-order valence-corrected chi connectivity index (χ4v) is 3.11. The molecule has 0 saturated carbocycles. The Kier molecular flexibility index (Phi) is 6.45. The average molecular weight is 356 g/mol. The smallest absolute Gasteiger partial charge is 0.311 e. The number of ether oxygens (including phenoxy) is 2. The van der Waals surface area contributed by atoms with Gasteiger partial charge in [-0.1, -0.05) is 23.7 Å². The monoisotopic (exact) mass is 355 g/mol. The van der Waals surface area contributed by atoms with Crippen molar-refractivity contribution in [2.24, 2.45) is 5.41 Å². The van der Waals surface area contributed by atoms with Gasteiger partial charge in [-0.3, -0.25) is 9.59 Å². The number of rotatable bonds is 7. The summed E-state index contributed by atoms with van der Waals surface area (Å²) in [6.45, 7) is 0.900. The first kappa shape index (κ1) is 18.5. The van der Waals surface area contributed by atoms with Crippen LogP contribution in [0.3, 0.4) is 0 Å². The van der Waals surface area contributed by atoms with Crippen LogP contribution in [0.15, 0.2) is 24.3 Å². The van der Waals surface area contributed by atoms with Crippen LogP contribution in [-0.4, -0.2) is 55.3 Å². The fraction of sp³-hybridized carbons (Fsp3) is 0.529. The zero-order valence-corrected chi connectivity index (χ0v) is 14.4. The number of likely N-dealkylation sites (tertiary alicyclic amines) is 1. The maximum atomic E-state index is 12.4. The predicted octanol–water partition coefficient (Wildman–Crippen LogP) is 2.45. The van der Waals surface area contributed by atoms with Gasteiger partial charge in [0.15, 0.2) is 6.61 Å². The molecule has 0 bridgehead atoms. The van der Waals surface area contributed by atoms with Gasteiger partial charge >= 0.3 is 5.97 Å². The zero-order valence-electron chi connectivity index (χ0n) is 13.7. The Hall–Kier alpha value is -1.79. The Balaban J connectivity index is 1.98. The van der Waals surface area contributed by atoms with Crippen LogP contribution >= 0.6 is 11.6 Å². The van der Waals surface area contributed by atoms with E-state index in [0.717, 1.165) is 0 Å². The quantitative estimate of drug-likeness (QED) is 0.813. The van der Waals surface area contributed by atoms with Gasteiger partial charge in [0.1, 0.15) is 5.75 Å². The van der Waals surface area contributed by atoms with Crippen LogP contribution in [0.4, 0.5) is 0 Å². The molecule has 1 aliphatic rings. The summed E-state index contributed by atoms with van der Waals surface area (Å²) in [4.78, 5) is 25.7. The van der Waals surface area contributed by atoms with Crippen LogP contribution < -0.4 is 4.74 Å². The molecular weight excluding hydrogens is 334 g/mol. The molecule has 0 aliphatic carbocycles. The van der Waals surface area contributed by atoms with E-state index < -0.39 is 11.4 Å². The van der Waals surface area contributed by atoms with E-state index in [4.69, 9.17) is 21.1 Å². The number of hydrogen-bond acceptors (Lipinski definition) is 4. The normalized spacial score (nSPS) is 20.7. The number of nitrogens with zero attached hydrogens (tertiary/aromatic N) is 1. The number of carbonyl (C=O) groups excluding carboxylic acids is 1. The third-order valence-electron chi connectivity index (χ3n) is 4.36. The van der Waals surface area contributed by atoms with Crippen LogP contribution in [-0.2, 0) is 14.3 Å². The summed E-state index contributed by atoms with van der Waals surface area (Å²) >= 11 is 6.00. The predicted molar refractivity (Wildman–Crippen MR) is 89.3 cm³/mol. The van der Waals surface area contributed by atoms with Gasteiger partial charge in [-0.15, -0.1) is 0 Å². The van der Waals surface area contributed by atoms with Crippen molar-refractivity contribution >= 4 is 23.5 Å². The summed E-state index contributed by atoms with van der Waals surface area (Å²) in [7, 11) is 1.54. The number of aliphatic carboxylic acids is 1. The summed E-state index contributed by atoms with van der Waals surface area (Å²) in [5.74, 6) is -0.685. The van der Waals surface area contributed by atoms with Crippen molar-refractivity contribution < 1.29 is 24.2 Å². The van der Waals surface area contributed by atoms with Crippen molar-refractivity contribution in [2.45, 2.75) is 19.3 Å². The molecule has 1 saturated heterocycles. The first-order chi connectivity index (χ1) is 11.5. The van der Waals surface area contributed by atoms with Crippen LogP contribution in [0, 0.1) is 5.41 Å². The second-order valence-electron chi connectivity index (χ2n) is 5.97. The Bertz CT molecular complexity index is 594. The van der Waals surface area contributed by atoms with Crippen molar-refractivity contribution in [2.75, 3.05) is 33.4 Å². The average Bonchev–Trinajstić information content (AvgIpc) is 2.59.